The Bertz CT molecular complexity index is 481. The van der Waals surface area contributed by atoms with Gasteiger partial charge in [0.05, 0.1) is 5.54 Å². The van der Waals surface area contributed by atoms with Crippen molar-refractivity contribution >= 4 is 23.7 Å². The normalized spacial score (nSPS) is 13.3. The Morgan fingerprint density at radius 2 is 1.95 bits per heavy atom. The molecule has 1 unspecified atom stereocenters. The first-order valence-electron chi connectivity index (χ1n) is 6.18. The molecule has 1 N–H and O–H groups in total. The zero-order valence-electron chi connectivity index (χ0n) is 11.1. The van der Waals surface area contributed by atoms with Crippen molar-refractivity contribution in [2.24, 2.45) is 0 Å². The quantitative estimate of drug-likeness (QED) is 0.758. The van der Waals surface area contributed by atoms with Crippen molar-refractivity contribution in [3.63, 3.8) is 0 Å². The number of hydrogen-bond acceptors (Lipinski definition) is 2. The molecular weight excluding hydrogens is 274 g/mol. The molecule has 3 heteroatoms. The standard InChI is InChI=1S/C16H19NS.ClH/c1-3-11-16(2,15-10-7-12-18-15)17-13-14-8-5-4-6-9-14;/h3-10,12,17H,1,11,13H2,2H3;1H. The van der Waals surface area contributed by atoms with Crippen LogP contribution in [0.1, 0.15) is 23.8 Å². The van der Waals surface area contributed by atoms with Crippen molar-refractivity contribution in [1.29, 1.82) is 0 Å². The number of hydrogen-bond donors (Lipinski definition) is 1. The maximum atomic E-state index is 3.88. The molecule has 2 aromatic rings. The molecule has 1 aromatic carbocycles. The highest BCUT2D eigenvalue weighted by Gasteiger charge is 2.25. The van der Waals surface area contributed by atoms with E-state index in [4.69, 9.17) is 0 Å². The molecule has 1 aromatic heterocycles. The zero-order valence-corrected chi connectivity index (χ0v) is 12.8. The summed E-state index contributed by atoms with van der Waals surface area (Å²) in [6, 6.07) is 14.8. The third-order valence-electron chi connectivity index (χ3n) is 3.14. The second-order valence-electron chi connectivity index (χ2n) is 4.64. The van der Waals surface area contributed by atoms with Crippen molar-refractivity contribution in [2.45, 2.75) is 25.4 Å². The van der Waals surface area contributed by atoms with Gasteiger partial charge in [-0.25, -0.2) is 0 Å². The lowest BCUT2D eigenvalue weighted by atomic mass is 9.95. The summed E-state index contributed by atoms with van der Waals surface area (Å²) in [5.41, 5.74) is 1.29. The number of nitrogens with one attached hydrogen (secondary N) is 1. The molecule has 1 nitrogen and oxygen atoms in total. The molecule has 1 atom stereocenters. The molecule has 19 heavy (non-hydrogen) atoms. The SMILES string of the molecule is C=CCC(C)(NCc1ccccc1)c1cccs1.Cl. The van der Waals surface area contributed by atoms with Crippen LogP contribution in [0.2, 0.25) is 0 Å². The van der Waals surface area contributed by atoms with Crippen molar-refractivity contribution in [1.82, 2.24) is 5.32 Å². The van der Waals surface area contributed by atoms with Gasteiger partial charge in [0.25, 0.3) is 0 Å². The molecule has 0 aliphatic heterocycles. The summed E-state index contributed by atoms with van der Waals surface area (Å²) in [4.78, 5) is 1.36. The average Bonchev–Trinajstić information content (AvgIpc) is 2.93. The van der Waals surface area contributed by atoms with Gasteiger partial charge in [0.1, 0.15) is 0 Å². The van der Waals surface area contributed by atoms with Gasteiger partial charge in [-0.3, -0.25) is 0 Å². The van der Waals surface area contributed by atoms with Crippen molar-refractivity contribution < 1.29 is 0 Å². The van der Waals surface area contributed by atoms with E-state index in [0.717, 1.165) is 13.0 Å². The van der Waals surface area contributed by atoms with Gasteiger partial charge in [-0.15, -0.1) is 30.3 Å². The summed E-state index contributed by atoms with van der Waals surface area (Å²) in [5, 5.41) is 5.78. The van der Waals surface area contributed by atoms with E-state index in [0.29, 0.717) is 0 Å². The number of benzene rings is 1. The molecule has 1 heterocycles. The molecule has 0 fully saturated rings. The maximum Gasteiger partial charge on any atom is 0.0537 e. The zero-order chi connectivity index (χ0) is 12.8. The summed E-state index contributed by atoms with van der Waals surface area (Å²) < 4.78 is 0. The van der Waals surface area contributed by atoms with Crippen molar-refractivity contribution in [3.05, 3.63) is 70.9 Å². The molecule has 0 bridgehead atoms. The Morgan fingerprint density at radius 3 is 2.53 bits per heavy atom. The van der Waals surface area contributed by atoms with E-state index < -0.39 is 0 Å². The van der Waals surface area contributed by atoms with Crippen LogP contribution in [0.5, 0.6) is 0 Å². The lowest BCUT2D eigenvalue weighted by molar-refractivity contribution is 0.375. The van der Waals surface area contributed by atoms with Gasteiger partial charge in [-0.2, -0.15) is 0 Å². The Labute approximate surface area is 125 Å². The van der Waals surface area contributed by atoms with Crippen LogP contribution < -0.4 is 5.32 Å². The second kappa shape index (κ2) is 7.49. The minimum atomic E-state index is -0.0221. The Kier molecular flexibility index (Phi) is 6.29. The van der Waals surface area contributed by atoms with E-state index >= 15 is 0 Å². The number of thiophene rings is 1. The molecular formula is C16H20ClNS. The second-order valence-corrected chi connectivity index (χ2v) is 5.59. The fourth-order valence-electron chi connectivity index (χ4n) is 2.03. The average molecular weight is 294 g/mol. The molecule has 0 saturated carbocycles. The van der Waals surface area contributed by atoms with Gasteiger partial charge in [-0.1, -0.05) is 42.5 Å². The van der Waals surface area contributed by atoms with E-state index in [1.807, 2.05) is 12.1 Å². The van der Waals surface area contributed by atoms with Gasteiger partial charge in [0.15, 0.2) is 0 Å². The van der Waals surface area contributed by atoms with Gasteiger partial charge < -0.3 is 5.32 Å². The van der Waals surface area contributed by atoms with Gasteiger partial charge in [0.2, 0.25) is 0 Å². The molecule has 0 aliphatic carbocycles. The summed E-state index contributed by atoms with van der Waals surface area (Å²) in [7, 11) is 0. The van der Waals surface area contributed by atoms with Crippen molar-refractivity contribution in [3.8, 4) is 0 Å². The highest BCUT2D eigenvalue weighted by atomic mass is 35.5. The molecule has 0 spiro atoms. The molecule has 102 valence electrons. The van der Waals surface area contributed by atoms with Crippen LogP contribution in [-0.2, 0) is 12.1 Å². The number of rotatable bonds is 6. The summed E-state index contributed by atoms with van der Waals surface area (Å²) >= 11 is 1.79. The van der Waals surface area contributed by atoms with Crippen LogP contribution in [-0.4, -0.2) is 0 Å². The van der Waals surface area contributed by atoms with Gasteiger partial charge >= 0.3 is 0 Å². The minimum absolute atomic E-state index is 0. The van der Waals surface area contributed by atoms with Crippen LogP contribution in [0.25, 0.3) is 0 Å². The Balaban J connectivity index is 0.00000180. The summed E-state index contributed by atoms with van der Waals surface area (Å²) in [6.07, 6.45) is 2.91. The molecule has 0 radical (unpaired) electrons. The van der Waals surface area contributed by atoms with E-state index in [-0.39, 0.29) is 17.9 Å². The van der Waals surface area contributed by atoms with Gasteiger partial charge in [-0.05, 0) is 30.4 Å². The first-order valence-corrected chi connectivity index (χ1v) is 7.06. The largest absolute Gasteiger partial charge is 0.303 e. The Hall–Kier alpha value is -1.09. The van der Waals surface area contributed by atoms with Crippen molar-refractivity contribution in [2.75, 3.05) is 0 Å². The lowest BCUT2D eigenvalue weighted by Gasteiger charge is -2.29. The molecule has 0 saturated heterocycles. The molecule has 2 rings (SSSR count). The molecule has 0 amide bonds. The van der Waals surface area contributed by atoms with E-state index in [1.165, 1.54) is 10.4 Å². The predicted octanol–water partition coefficient (Wildman–Crippen LogP) is 4.75. The van der Waals surface area contributed by atoms with Crippen LogP contribution in [0, 0.1) is 0 Å². The third kappa shape index (κ3) is 4.20. The summed E-state index contributed by atoms with van der Waals surface area (Å²) in [6.45, 7) is 6.99. The first kappa shape index (κ1) is 16.0. The van der Waals surface area contributed by atoms with E-state index in [9.17, 15) is 0 Å². The van der Waals surface area contributed by atoms with Crippen LogP contribution in [0.3, 0.4) is 0 Å². The summed E-state index contributed by atoms with van der Waals surface area (Å²) in [5.74, 6) is 0. The van der Waals surface area contributed by atoms with Crippen LogP contribution >= 0.6 is 23.7 Å². The smallest absolute Gasteiger partial charge is 0.0537 e. The van der Waals surface area contributed by atoms with Gasteiger partial charge in [0, 0.05) is 11.4 Å². The van der Waals surface area contributed by atoms with E-state index in [1.54, 1.807) is 11.3 Å². The predicted molar refractivity (Wildman–Crippen MR) is 87.0 cm³/mol. The fourth-order valence-corrected chi connectivity index (χ4v) is 2.91. The topological polar surface area (TPSA) is 12.0 Å². The fraction of sp³-hybridized carbons (Fsp3) is 0.250. The van der Waals surface area contributed by atoms with Crippen LogP contribution in [0.4, 0.5) is 0 Å². The maximum absolute atomic E-state index is 3.88. The lowest BCUT2D eigenvalue weighted by Crippen LogP contribution is -2.37. The van der Waals surface area contributed by atoms with E-state index in [2.05, 4.69) is 60.6 Å². The highest BCUT2D eigenvalue weighted by Crippen LogP contribution is 2.29. The first-order chi connectivity index (χ1) is 8.74. The third-order valence-corrected chi connectivity index (χ3v) is 4.28. The Morgan fingerprint density at radius 1 is 1.21 bits per heavy atom. The van der Waals surface area contributed by atoms with Crippen LogP contribution in [0.15, 0.2) is 60.5 Å². The highest BCUT2D eigenvalue weighted by molar-refractivity contribution is 7.10. The molecule has 0 aliphatic rings. The minimum Gasteiger partial charge on any atom is -0.303 e. The number of halogens is 1. The monoisotopic (exact) mass is 293 g/mol.